The fourth-order valence-corrected chi connectivity index (χ4v) is 3.02. The van der Waals surface area contributed by atoms with Gasteiger partial charge in [-0.1, -0.05) is 20.8 Å². The van der Waals surface area contributed by atoms with Crippen LogP contribution in [0.3, 0.4) is 0 Å². The summed E-state index contributed by atoms with van der Waals surface area (Å²) in [4.78, 5) is 60.3. The predicted molar refractivity (Wildman–Crippen MR) is 112 cm³/mol. The summed E-state index contributed by atoms with van der Waals surface area (Å²) in [7, 11) is 0. The van der Waals surface area contributed by atoms with E-state index in [-0.39, 0.29) is 12.3 Å². The van der Waals surface area contributed by atoms with Gasteiger partial charge in [0.25, 0.3) is 0 Å². The predicted octanol–water partition coefficient (Wildman–Crippen LogP) is -0.462. The zero-order valence-corrected chi connectivity index (χ0v) is 19.1. The number of nitrogens with two attached hydrogens (primary N) is 1. The van der Waals surface area contributed by atoms with E-state index in [0.717, 1.165) is 0 Å². The molecule has 1 saturated heterocycles. The zero-order chi connectivity index (χ0) is 24.0. The molecule has 0 radical (unpaired) electrons. The molecule has 1 heterocycles. The van der Waals surface area contributed by atoms with E-state index >= 15 is 0 Å². The van der Waals surface area contributed by atoms with Gasteiger partial charge in [0.05, 0.1) is 6.54 Å². The molecular formula is C20H35N5O6. The van der Waals surface area contributed by atoms with Crippen LogP contribution in [0, 0.1) is 11.3 Å². The molecule has 3 atom stereocenters. The number of hydrogen-bond donors (Lipinski definition) is 5. The van der Waals surface area contributed by atoms with Crippen molar-refractivity contribution in [2.45, 2.75) is 72.1 Å². The molecule has 0 aromatic carbocycles. The minimum absolute atomic E-state index is 0.0890. The van der Waals surface area contributed by atoms with Crippen LogP contribution >= 0.6 is 0 Å². The molecule has 0 bridgehead atoms. The lowest BCUT2D eigenvalue weighted by molar-refractivity contribution is -0.130. The van der Waals surface area contributed by atoms with Crippen molar-refractivity contribution in [3.05, 3.63) is 0 Å². The second-order valence-electron chi connectivity index (χ2n) is 9.70. The van der Waals surface area contributed by atoms with Crippen LogP contribution in [0.5, 0.6) is 0 Å². The van der Waals surface area contributed by atoms with Crippen molar-refractivity contribution >= 4 is 29.7 Å². The Morgan fingerprint density at radius 1 is 1.13 bits per heavy atom. The fraction of sp³-hybridized carbons (Fsp3) is 0.750. The summed E-state index contributed by atoms with van der Waals surface area (Å²) in [6, 6.07) is -2.00. The molecule has 6 N–H and O–H groups in total. The van der Waals surface area contributed by atoms with Gasteiger partial charge < -0.3 is 31.7 Å². The first-order valence-electron chi connectivity index (χ1n) is 10.2. The van der Waals surface area contributed by atoms with Crippen LogP contribution in [0.2, 0.25) is 0 Å². The molecule has 3 unspecified atom stereocenters. The SMILES string of the molecule is CC(C)(C)OC(=O)NC(C(=O)NCC(=O)NC(CC1CCNC1=O)C(N)=O)C(C)(C)C. The topological polar surface area (TPSA) is 169 Å². The number of primary amides is 1. The summed E-state index contributed by atoms with van der Waals surface area (Å²) in [5.74, 6) is -2.58. The Morgan fingerprint density at radius 2 is 1.74 bits per heavy atom. The molecule has 176 valence electrons. The quantitative estimate of drug-likeness (QED) is 0.341. The minimum Gasteiger partial charge on any atom is -0.444 e. The number of amides is 5. The summed E-state index contributed by atoms with van der Waals surface area (Å²) in [6.45, 7) is 10.5. The highest BCUT2D eigenvalue weighted by molar-refractivity contribution is 5.92. The molecule has 31 heavy (non-hydrogen) atoms. The molecule has 0 aromatic rings. The van der Waals surface area contributed by atoms with Gasteiger partial charge >= 0.3 is 6.09 Å². The minimum atomic E-state index is -1.03. The third kappa shape index (κ3) is 9.22. The maximum absolute atomic E-state index is 12.6. The summed E-state index contributed by atoms with van der Waals surface area (Å²) >= 11 is 0. The maximum Gasteiger partial charge on any atom is 0.408 e. The smallest absolute Gasteiger partial charge is 0.408 e. The van der Waals surface area contributed by atoms with Gasteiger partial charge in [-0.05, 0) is 39.0 Å². The average molecular weight is 442 g/mol. The molecule has 11 nitrogen and oxygen atoms in total. The lowest BCUT2D eigenvalue weighted by Gasteiger charge is -2.31. The number of carbonyl (C=O) groups is 5. The van der Waals surface area contributed by atoms with E-state index in [1.807, 2.05) is 0 Å². The number of alkyl carbamates (subject to hydrolysis) is 1. The van der Waals surface area contributed by atoms with Crippen molar-refractivity contribution in [1.82, 2.24) is 21.3 Å². The molecule has 0 aliphatic carbocycles. The van der Waals surface area contributed by atoms with Crippen molar-refractivity contribution in [1.29, 1.82) is 0 Å². The van der Waals surface area contributed by atoms with E-state index < -0.39 is 59.4 Å². The molecule has 1 fully saturated rings. The first-order valence-corrected chi connectivity index (χ1v) is 10.2. The van der Waals surface area contributed by atoms with Crippen LogP contribution in [-0.2, 0) is 23.9 Å². The second-order valence-corrected chi connectivity index (χ2v) is 9.70. The van der Waals surface area contributed by atoms with Crippen molar-refractivity contribution in [3.8, 4) is 0 Å². The Bertz CT molecular complexity index is 710. The fourth-order valence-electron chi connectivity index (χ4n) is 3.02. The lowest BCUT2D eigenvalue weighted by Crippen LogP contribution is -2.56. The summed E-state index contributed by atoms with van der Waals surface area (Å²) < 4.78 is 5.20. The zero-order valence-electron chi connectivity index (χ0n) is 19.1. The van der Waals surface area contributed by atoms with E-state index in [1.54, 1.807) is 41.5 Å². The first-order chi connectivity index (χ1) is 14.1. The van der Waals surface area contributed by atoms with Crippen molar-refractivity contribution in [2.75, 3.05) is 13.1 Å². The first kappa shape index (κ1) is 26.2. The Balaban J connectivity index is 2.66. The third-order valence-corrected chi connectivity index (χ3v) is 4.57. The van der Waals surface area contributed by atoms with Crippen LogP contribution in [0.4, 0.5) is 4.79 Å². The molecule has 1 aliphatic rings. The average Bonchev–Trinajstić information content (AvgIpc) is 2.99. The van der Waals surface area contributed by atoms with Crippen LogP contribution in [-0.4, -0.2) is 60.5 Å². The number of carbonyl (C=O) groups excluding carboxylic acids is 5. The van der Waals surface area contributed by atoms with Crippen molar-refractivity contribution < 1.29 is 28.7 Å². The largest absolute Gasteiger partial charge is 0.444 e. The number of rotatable bonds is 8. The number of hydrogen-bond acceptors (Lipinski definition) is 6. The van der Waals surface area contributed by atoms with Crippen molar-refractivity contribution in [3.63, 3.8) is 0 Å². The van der Waals surface area contributed by atoms with Gasteiger partial charge in [-0.25, -0.2) is 4.79 Å². The standard InChI is InChI=1S/C20H35N5O6/c1-19(2,3)14(25-18(30)31-20(4,5)6)17(29)23-10-13(26)24-12(15(21)27)9-11-7-8-22-16(11)28/h11-12,14H,7-10H2,1-6H3,(H2,21,27)(H,22,28)(H,23,29)(H,24,26)(H,25,30). The second kappa shape index (κ2) is 10.5. The van der Waals surface area contributed by atoms with Gasteiger partial charge in [0.1, 0.15) is 17.7 Å². The Morgan fingerprint density at radius 3 is 2.19 bits per heavy atom. The number of ether oxygens (including phenoxy) is 1. The Hall–Kier alpha value is -2.85. The Kier molecular flexibility index (Phi) is 8.83. The molecule has 5 amide bonds. The van der Waals surface area contributed by atoms with Gasteiger partial charge in [0, 0.05) is 12.5 Å². The van der Waals surface area contributed by atoms with Crippen LogP contribution in [0.1, 0.15) is 54.4 Å². The van der Waals surface area contributed by atoms with Crippen LogP contribution in [0.25, 0.3) is 0 Å². The van der Waals surface area contributed by atoms with Crippen LogP contribution in [0.15, 0.2) is 0 Å². The highest BCUT2D eigenvalue weighted by atomic mass is 16.6. The van der Waals surface area contributed by atoms with E-state index in [9.17, 15) is 24.0 Å². The van der Waals surface area contributed by atoms with Crippen molar-refractivity contribution in [2.24, 2.45) is 17.1 Å². The third-order valence-electron chi connectivity index (χ3n) is 4.57. The van der Waals surface area contributed by atoms with Gasteiger partial charge in [-0.15, -0.1) is 0 Å². The van der Waals surface area contributed by atoms with E-state index in [2.05, 4.69) is 21.3 Å². The van der Waals surface area contributed by atoms with E-state index in [4.69, 9.17) is 10.5 Å². The molecule has 0 aromatic heterocycles. The Labute approximate surface area is 182 Å². The molecular weight excluding hydrogens is 406 g/mol. The van der Waals surface area contributed by atoms with Gasteiger partial charge in [-0.3, -0.25) is 19.2 Å². The summed E-state index contributed by atoms with van der Waals surface area (Å²) in [5, 5.41) is 10.1. The normalized spacial score (nSPS) is 18.4. The molecule has 1 aliphatic heterocycles. The maximum atomic E-state index is 12.6. The number of nitrogens with one attached hydrogen (secondary N) is 4. The summed E-state index contributed by atoms with van der Waals surface area (Å²) in [6.07, 6.45) is -0.111. The molecule has 1 rings (SSSR count). The highest BCUT2D eigenvalue weighted by Gasteiger charge is 2.35. The highest BCUT2D eigenvalue weighted by Crippen LogP contribution is 2.20. The monoisotopic (exact) mass is 441 g/mol. The van der Waals surface area contributed by atoms with Gasteiger partial charge in [0.2, 0.25) is 23.6 Å². The van der Waals surface area contributed by atoms with Gasteiger partial charge in [0.15, 0.2) is 0 Å². The van der Waals surface area contributed by atoms with E-state index in [1.165, 1.54) is 0 Å². The van der Waals surface area contributed by atoms with E-state index in [0.29, 0.717) is 13.0 Å². The molecule has 0 spiro atoms. The molecule has 11 heteroatoms. The van der Waals surface area contributed by atoms with Crippen LogP contribution < -0.4 is 27.0 Å². The lowest BCUT2D eigenvalue weighted by atomic mass is 9.86. The molecule has 0 saturated carbocycles. The summed E-state index contributed by atoms with van der Waals surface area (Å²) in [5.41, 5.74) is 3.94. The van der Waals surface area contributed by atoms with Gasteiger partial charge in [-0.2, -0.15) is 0 Å².